The molecule has 0 aromatic carbocycles. The SMILES string of the molecule is CCNC(C)CC(=O)NCC1CCCOC1. The second-order valence-electron chi connectivity index (χ2n) is 4.55. The molecule has 0 aromatic heterocycles. The van der Waals surface area contributed by atoms with E-state index >= 15 is 0 Å². The Morgan fingerprint density at radius 1 is 1.56 bits per heavy atom. The van der Waals surface area contributed by atoms with Crippen LogP contribution in [0.4, 0.5) is 0 Å². The minimum absolute atomic E-state index is 0.138. The van der Waals surface area contributed by atoms with Gasteiger partial charge in [-0.25, -0.2) is 0 Å². The number of ether oxygens (including phenoxy) is 1. The highest BCUT2D eigenvalue weighted by molar-refractivity contribution is 5.76. The van der Waals surface area contributed by atoms with E-state index in [2.05, 4.69) is 10.6 Å². The van der Waals surface area contributed by atoms with Gasteiger partial charge in [-0.1, -0.05) is 6.92 Å². The summed E-state index contributed by atoms with van der Waals surface area (Å²) in [5, 5.41) is 6.21. The van der Waals surface area contributed by atoms with Crippen LogP contribution in [0.1, 0.15) is 33.1 Å². The van der Waals surface area contributed by atoms with Gasteiger partial charge in [0, 0.05) is 25.6 Å². The second kappa shape index (κ2) is 7.63. The van der Waals surface area contributed by atoms with E-state index in [4.69, 9.17) is 4.74 Å². The van der Waals surface area contributed by atoms with Crippen LogP contribution in [0.5, 0.6) is 0 Å². The van der Waals surface area contributed by atoms with Gasteiger partial charge in [0.15, 0.2) is 0 Å². The van der Waals surface area contributed by atoms with Crippen LogP contribution in [0, 0.1) is 5.92 Å². The van der Waals surface area contributed by atoms with Crippen LogP contribution in [0.2, 0.25) is 0 Å². The number of hydrogen-bond acceptors (Lipinski definition) is 3. The fourth-order valence-corrected chi connectivity index (χ4v) is 2.00. The van der Waals surface area contributed by atoms with Gasteiger partial charge in [-0.3, -0.25) is 4.79 Å². The lowest BCUT2D eigenvalue weighted by Gasteiger charge is -2.22. The summed E-state index contributed by atoms with van der Waals surface area (Å²) in [6.07, 6.45) is 2.85. The van der Waals surface area contributed by atoms with E-state index in [0.717, 1.165) is 32.7 Å². The summed E-state index contributed by atoms with van der Waals surface area (Å²) in [6.45, 7) is 7.42. The lowest BCUT2D eigenvalue weighted by Crippen LogP contribution is -2.37. The van der Waals surface area contributed by atoms with Crippen molar-refractivity contribution >= 4 is 5.91 Å². The molecule has 0 bridgehead atoms. The minimum Gasteiger partial charge on any atom is -0.381 e. The molecule has 1 aliphatic heterocycles. The summed E-state index contributed by atoms with van der Waals surface area (Å²) >= 11 is 0. The Morgan fingerprint density at radius 2 is 2.38 bits per heavy atom. The molecule has 1 fully saturated rings. The number of carbonyl (C=O) groups excluding carboxylic acids is 1. The fourth-order valence-electron chi connectivity index (χ4n) is 2.00. The lowest BCUT2D eigenvalue weighted by molar-refractivity contribution is -0.121. The normalized spacial score (nSPS) is 22.8. The summed E-state index contributed by atoms with van der Waals surface area (Å²) in [5.41, 5.74) is 0. The number of hydrogen-bond donors (Lipinski definition) is 2. The molecular weight excluding hydrogens is 204 g/mol. The summed E-state index contributed by atoms with van der Waals surface area (Å²) in [4.78, 5) is 11.6. The van der Waals surface area contributed by atoms with Gasteiger partial charge in [0.05, 0.1) is 6.61 Å². The molecule has 1 saturated heterocycles. The van der Waals surface area contributed by atoms with E-state index in [0.29, 0.717) is 12.3 Å². The first-order valence-electron chi connectivity index (χ1n) is 6.30. The van der Waals surface area contributed by atoms with Crippen molar-refractivity contribution in [2.75, 3.05) is 26.3 Å². The number of nitrogens with one attached hydrogen (secondary N) is 2. The molecule has 0 spiro atoms. The zero-order valence-corrected chi connectivity index (χ0v) is 10.4. The molecule has 0 saturated carbocycles. The third-order valence-electron chi connectivity index (χ3n) is 2.89. The zero-order valence-electron chi connectivity index (χ0n) is 10.4. The van der Waals surface area contributed by atoms with Gasteiger partial charge in [0.25, 0.3) is 0 Å². The Labute approximate surface area is 98.1 Å². The van der Waals surface area contributed by atoms with Gasteiger partial charge in [0.1, 0.15) is 0 Å². The third-order valence-corrected chi connectivity index (χ3v) is 2.89. The first-order valence-corrected chi connectivity index (χ1v) is 6.30. The molecule has 1 rings (SSSR count). The zero-order chi connectivity index (χ0) is 11.8. The highest BCUT2D eigenvalue weighted by atomic mass is 16.5. The Morgan fingerprint density at radius 3 is 3.00 bits per heavy atom. The molecule has 2 unspecified atom stereocenters. The van der Waals surface area contributed by atoms with Crippen molar-refractivity contribution in [1.82, 2.24) is 10.6 Å². The van der Waals surface area contributed by atoms with Gasteiger partial charge >= 0.3 is 0 Å². The van der Waals surface area contributed by atoms with Gasteiger partial charge in [-0.15, -0.1) is 0 Å². The molecule has 0 aliphatic carbocycles. The molecule has 1 heterocycles. The largest absolute Gasteiger partial charge is 0.381 e. The van der Waals surface area contributed by atoms with E-state index in [1.54, 1.807) is 0 Å². The lowest BCUT2D eigenvalue weighted by atomic mass is 10.0. The first-order chi connectivity index (χ1) is 7.72. The van der Waals surface area contributed by atoms with E-state index in [1.165, 1.54) is 6.42 Å². The van der Waals surface area contributed by atoms with E-state index in [1.807, 2.05) is 13.8 Å². The topological polar surface area (TPSA) is 50.4 Å². The first kappa shape index (κ1) is 13.5. The summed E-state index contributed by atoms with van der Waals surface area (Å²) in [7, 11) is 0. The van der Waals surface area contributed by atoms with Crippen LogP contribution >= 0.6 is 0 Å². The maximum Gasteiger partial charge on any atom is 0.221 e. The Kier molecular flexibility index (Phi) is 6.42. The summed E-state index contributed by atoms with van der Waals surface area (Å²) in [6, 6.07) is 0.257. The molecule has 4 nitrogen and oxygen atoms in total. The van der Waals surface area contributed by atoms with Crippen molar-refractivity contribution in [3.05, 3.63) is 0 Å². The molecule has 0 radical (unpaired) electrons. The molecular formula is C12H24N2O2. The van der Waals surface area contributed by atoms with Gasteiger partial charge in [-0.2, -0.15) is 0 Å². The predicted molar refractivity (Wildman–Crippen MR) is 64.3 cm³/mol. The average Bonchev–Trinajstić information content (AvgIpc) is 2.28. The van der Waals surface area contributed by atoms with Crippen molar-refractivity contribution < 1.29 is 9.53 Å². The van der Waals surface area contributed by atoms with Crippen LogP contribution in [-0.2, 0) is 9.53 Å². The molecule has 94 valence electrons. The number of amides is 1. The molecule has 2 N–H and O–H groups in total. The molecule has 1 aliphatic rings. The summed E-state index contributed by atoms with van der Waals surface area (Å²) in [5.74, 6) is 0.645. The van der Waals surface area contributed by atoms with Crippen molar-refractivity contribution in [1.29, 1.82) is 0 Å². The monoisotopic (exact) mass is 228 g/mol. The van der Waals surface area contributed by atoms with E-state index in [-0.39, 0.29) is 11.9 Å². The quantitative estimate of drug-likeness (QED) is 0.710. The second-order valence-corrected chi connectivity index (χ2v) is 4.55. The van der Waals surface area contributed by atoms with Crippen LogP contribution in [0.25, 0.3) is 0 Å². The standard InChI is InChI=1S/C12H24N2O2/c1-3-13-10(2)7-12(15)14-8-11-5-4-6-16-9-11/h10-11,13H,3-9H2,1-2H3,(H,14,15). The molecule has 4 heteroatoms. The fraction of sp³-hybridized carbons (Fsp3) is 0.917. The summed E-state index contributed by atoms with van der Waals surface area (Å²) < 4.78 is 5.37. The predicted octanol–water partition coefficient (Wildman–Crippen LogP) is 0.917. The van der Waals surface area contributed by atoms with Crippen LogP contribution in [-0.4, -0.2) is 38.3 Å². The molecule has 16 heavy (non-hydrogen) atoms. The Hall–Kier alpha value is -0.610. The van der Waals surface area contributed by atoms with Crippen LogP contribution in [0.15, 0.2) is 0 Å². The van der Waals surface area contributed by atoms with Gasteiger partial charge in [-0.05, 0) is 32.2 Å². The average molecular weight is 228 g/mol. The van der Waals surface area contributed by atoms with Gasteiger partial charge < -0.3 is 15.4 Å². The van der Waals surface area contributed by atoms with Crippen molar-refractivity contribution in [3.63, 3.8) is 0 Å². The van der Waals surface area contributed by atoms with Gasteiger partial charge in [0.2, 0.25) is 5.91 Å². The van der Waals surface area contributed by atoms with Crippen molar-refractivity contribution in [3.8, 4) is 0 Å². The van der Waals surface area contributed by atoms with Crippen LogP contribution in [0.3, 0.4) is 0 Å². The highest BCUT2D eigenvalue weighted by Gasteiger charge is 2.15. The van der Waals surface area contributed by atoms with E-state index < -0.39 is 0 Å². The molecule has 0 aromatic rings. The van der Waals surface area contributed by atoms with Crippen molar-refractivity contribution in [2.24, 2.45) is 5.92 Å². The number of carbonyl (C=O) groups is 1. The molecule has 2 atom stereocenters. The Bertz CT molecular complexity index is 203. The minimum atomic E-state index is 0.138. The third kappa shape index (κ3) is 5.47. The van der Waals surface area contributed by atoms with Crippen molar-refractivity contribution in [2.45, 2.75) is 39.2 Å². The number of rotatable bonds is 6. The van der Waals surface area contributed by atoms with Crippen LogP contribution < -0.4 is 10.6 Å². The Balaban J connectivity index is 2.09. The molecule has 1 amide bonds. The smallest absolute Gasteiger partial charge is 0.221 e. The maximum atomic E-state index is 11.6. The highest BCUT2D eigenvalue weighted by Crippen LogP contribution is 2.12. The van der Waals surface area contributed by atoms with E-state index in [9.17, 15) is 4.79 Å². The maximum absolute atomic E-state index is 11.6.